The van der Waals surface area contributed by atoms with Gasteiger partial charge in [0.05, 0.1) is 6.61 Å². The Morgan fingerprint density at radius 3 is 2.27 bits per heavy atom. The molecule has 4 aromatic carbocycles. The van der Waals surface area contributed by atoms with Gasteiger partial charge in [0.1, 0.15) is 21.6 Å². The fourth-order valence-corrected chi connectivity index (χ4v) is 6.57. The number of benzene rings is 4. The van der Waals surface area contributed by atoms with Crippen LogP contribution in [0.2, 0.25) is 0 Å². The zero-order chi connectivity index (χ0) is 31.6. The number of rotatable bonds is 12. The van der Waals surface area contributed by atoms with E-state index in [1.165, 1.54) is 23.1 Å². The second kappa shape index (κ2) is 15.2. The topological polar surface area (TPSA) is 93.7 Å². The molecule has 1 heterocycles. The molecule has 0 fully saturated rings. The van der Waals surface area contributed by atoms with Crippen LogP contribution in [-0.2, 0) is 14.3 Å². The summed E-state index contributed by atoms with van der Waals surface area (Å²) in [6, 6.07) is 33.7. The number of para-hydroxylation sites is 1. The number of hydrogen-bond acceptors (Lipinski definition) is 7. The van der Waals surface area contributed by atoms with E-state index in [9.17, 15) is 14.4 Å². The van der Waals surface area contributed by atoms with Crippen LogP contribution in [0.4, 0.5) is 10.7 Å². The number of carbonyl (C=O) groups excluding carboxylic acids is 3. The van der Waals surface area contributed by atoms with E-state index in [0.717, 1.165) is 21.6 Å². The second-order valence-electron chi connectivity index (χ2n) is 10.0. The van der Waals surface area contributed by atoms with Crippen molar-refractivity contribution in [2.75, 3.05) is 23.8 Å². The van der Waals surface area contributed by atoms with Gasteiger partial charge in [-0.05, 0) is 55.3 Å². The third-order valence-electron chi connectivity index (χ3n) is 6.70. The quantitative estimate of drug-likeness (QED) is 0.106. The molecule has 7 nitrogen and oxygen atoms in total. The highest BCUT2D eigenvalue weighted by Crippen LogP contribution is 2.40. The summed E-state index contributed by atoms with van der Waals surface area (Å²) >= 11 is 2.63. The van der Waals surface area contributed by atoms with Crippen molar-refractivity contribution >= 4 is 51.6 Å². The maximum atomic E-state index is 14.0. The molecule has 1 unspecified atom stereocenters. The summed E-state index contributed by atoms with van der Waals surface area (Å²) in [6.45, 7) is 3.83. The van der Waals surface area contributed by atoms with Crippen LogP contribution in [0.3, 0.4) is 0 Å². The average molecular weight is 637 g/mol. The van der Waals surface area contributed by atoms with Crippen LogP contribution in [0.5, 0.6) is 5.75 Å². The van der Waals surface area contributed by atoms with Crippen LogP contribution in [0.15, 0.2) is 119 Å². The first kappa shape index (κ1) is 31.6. The Kier molecular flexibility index (Phi) is 10.7. The van der Waals surface area contributed by atoms with E-state index in [2.05, 4.69) is 10.6 Å². The van der Waals surface area contributed by atoms with E-state index in [4.69, 9.17) is 9.47 Å². The molecule has 0 radical (unpaired) electrons. The lowest BCUT2D eigenvalue weighted by Crippen LogP contribution is -2.21. The van der Waals surface area contributed by atoms with Gasteiger partial charge in [-0.25, -0.2) is 4.79 Å². The Morgan fingerprint density at radius 1 is 0.844 bits per heavy atom. The van der Waals surface area contributed by atoms with Crippen molar-refractivity contribution < 1.29 is 23.9 Å². The lowest BCUT2D eigenvalue weighted by molar-refractivity contribution is -0.118. The van der Waals surface area contributed by atoms with Crippen LogP contribution >= 0.6 is 23.1 Å². The molecule has 0 saturated carbocycles. The van der Waals surface area contributed by atoms with E-state index >= 15 is 0 Å². The predicted octanol–water partition coefficient (Wildman–Crippen LogP) is 8.39. The van der Waals surface area contributed by atoms with Gasteiger partial charge in [-0.3, -0.25) is 9.59 Å². The van der Waals surface area contributed by atoms with Crippen molar-refractivity contribution in [2.24, 2.45) is 0 Å². The molecule has 1 aromatic heterocycles. The first-order chi connectivity index (χ1) is 21.9. The number of amides is 2. The molecule has 45 heavy (non-hydrogen) atoms. The first-order valence-electron chi connectivity index (χ1n) is 14.4. The standard InChI is InChI=1S/C36H32N2O5S2/c1-3-42-36(41)32-30(25-19-17-24(2)18-20-25)23-44-35(32)38-34(40)33(26-11-6-4-7-12-26)45-29-16-10-13-27(21-29)37-31(39)22-43-28-14-8-5-9-15-28/h4-21,23,33H,3,22H2,1-2H3,(H,37,39)(H,38,40). The van der Waals surface area contributed by atoms with Gasteiger partial charge < -0.3 is 20.1 Å². The molecular formula is C36H32N2O5S2. The average Bonchev–Trinajstić information content (AvgIpc) is 3.47. The van der Waals surface area contributed by atoms with E-state index in [0.29, 0.717) is 27.6 Å². The number of nitrogens with one attached hydrogen (secondary N) is 2. The largest absolute Gasteiger partial charge is 0.484 e. The van der Waals surface area contributed by atoms with Crippen molar-refractivity contribution in [1.82, 2.24) is 0 Å². The van der Waals surface area contributed by atoms with Gasteiger partial charge in [-0.2, -0.15) is 0 Å². The van der Waals surface area contributed by atoms with Crippen LogP contribution in [0.25, 0.3) is 11.1 Å². The summed E-state index contributed by atoms with van der Waals surface area (Å²) in [6.07, 6.45) is 0. The molecule has 0 bridgehead atoms. The van der Waals surface area contributed by atoms with Gasteiger partial charge in [0.15, 0.2) is 6.61 Å². The fourth-order valence-electron chi connectivity index (χ4n) is 4.53. The highest BCUT2D eigenvalue weighted by Gasteiger charge is 2.27. The molecule has 0 aliphatic rings. The summed E-state index contributed by atoms with van der Waals surface area (Å²) < 4.78 is 10.9. The third kappa shape index (κ3) is 8.41. The maximum Gasteiger partial charge on any atom is 0.341 e. The van der Waals surface area contributed by atoms with Crippen LogP contribution in [-0.4, -0.2) is 31.0 Å². The molecule has 0 spiro atoms. The monoisotopic (exact) mass is 636 g/mol. The molecule has 1 atom stereocenters. The number of anilines is 2. The number of thiophene rings is 1. The van der Waals surface area contributed by atoms with E-state index in [-0.39, 0.29) is 25.0 Å². The van der Waals surface area contributed by atoms with Gasteiger partial charge in [-0.1, -0.05) is 84.4 Å². The number of hydrogen-bond donors (Lipinski definition) is 2. The number of thioether (sulfide) groups is 1. The van der Waals surface area contributed by atoms with Crippen molar-refractivity contribution in [2.45, 2.75) is 24.0 Å². The minimum atomic E-state index is -0.654. The number of carbonyl (C=O) groups is 3. The Labute approximate surface area is 270 Å². The lowest BCUT2D eigenvalue weighted by atomic mass is 10.0. The van der Waals surface area contributed by atoms with Crippen molar-refractivity contribution in [3.8, 4) is 16.9 Å². The minimum absolute atomic E-state index is 0.134. The number of aryl methyl sites for hydroxylation is 1. The summed E-state index contributed by atoms with van der Waals surface area (Å²) in [5, 5.41) is 7.52. The Hall–Kier alpha value is -4.86. The molecule has 5 rings (SSSR count). The number of esters is 1. The van der Waals surface area contributed by atoms with E-state index < -0.39 is 11.2 Å². The van der Waals surface area contributed by atoms with Crippen LogP contribution in [0, 0.1) is 6.92 Å². The summed E-state index contributed by atoms with van der Waals surface area (Å²) in [7, 11) is 0. The van der Waals surface area contributed by atoms with Crippen LogP contribution < -0.4 is 15.4 Å². The molecular weight excluding hydrogens is 605 g/mol. The summed E-state index contributed by atoms with van der Waals surface area (Å²) in [5.74, 6) is -0.476. The molecule has 0 aliphatic carbocycles. The number of ether oxygens (including phenoxy) is 2. The minimum Gasteiger partial charge on any atom is -0.484 e. The zero-order valence-corrected chi connectivity index (χ0v) is 26.5. The highest BCUT2D eigenvalue weighted by molar-refractivity contribution is 8.00. The predicted molar refractivity (Wildman–Crippen MR) is 181 cm³/mol. The molecule has 2 N–H and O–H groups in total. The zero-order valence-electron chi connectivity index (χ0n) is 24.8. The SMILES string of the molecule is CCOC(=O)c1c(-c2ccc(C)cc2)csc1NC(=O)C(Sc1cccc(NC(=O)COc2ccccc2)c1)c1ccccc1. The molecule has 0 saturated heterocycles. The third-order valence-corrected chi connectivity index (χ3v) is 8.84. The van der Waals surface area contributed by atoms with Crippen LogP contribution in [0.1, 0.15) is 33.7 Å². The lowest BCUT2D eigenvalue weighted by Gasteiger charge is -2.18. The smallest absolute Gasteiger partial charge is 0.341 e. The van der Waals surface area contributed by atoms with Gasteiger partial charge in [0, 0.05) is 21.5 Å². The van der Waals surface area contributed by atoms with Crippen molar-refractivity contribution in [1.29, 1.82) is 0 Å². The molecule has 2 amide bonds. The van der Waals surface area contributed by atoms with Gasteiger partial charge in [0.2, 0.25) is 5.91 Å². The Balaban J connectivity index is 1.36. The fraction of sp³-hybridized carbons (Fsp3) is 0.139. The summed E-state index contributed by atoms with van der Waals surface area (Å²) in [4.78, 5) is 40.4. The second-order valence-corrected chi connectivity index (χ2v) is 12.1. The van der Waals surface area contributed by atoms with E-state index in [1.54, 1.807) is 25.1 Å². The van der Waals surface area contributed by atoms with Crippen molar-refractivity contribution in [3.63, 3.8) is 0 Å². The van der Waals surface area contributed by atoms with Crippen molar-refractivity contribution in [3.05, 3.63) is 131 Å². The van der Waals surface area contributed by atoms with Gasteiger partial charge >= 0.3 is 5.97 Å². The maximum absolute atomic E-state index is 14.0. The highest BCUT2D eigenvalue weighted by atomic mass is 32.2. The first-order valence-corrected chi connectivity index (χ1v) is 16.1. The molecule has 9 heteroatoms. The molecule has 5 aromatic rings. The molecule has 228 valence electrons. The Bertz CT molecular complexity index is 1760. The summed E-state index contributed by atoms with van der Waals surface area (Å²) in [5.41, 5.74) is 4.38. The van der Waals surface area contributed by atoms with Gasteiger partial charge in [-0.15, -0.1) is 23.1 Å². The van der Waals surface area contributed by atoms with Gasteiger partial charge in [0.25, 0.3) is 5.91 Å². The Morgan fingerprint density at radius 2 is 1.56 bits per heavy atom. The van der Waals surface area contributed by atoms with E-state index in [1.807, 2.05) is 103 Å². The normalized spacial score (nSPS) is 11.3. The molecule has 0 aliphatic heterocycles.